The summed E-state index contributed by atoms with van der Waals surface area (Å²) in [5.41, 5.74) is 4.08. The van der Waals surface area contributed by atoms with E-state index in [9.17, 15) is 4.79 Å². The maximum Gasteiger partial charge on any atom is 0.187 e. The molecule has 1 saturated heterocycles. The van der Waals surface area contributed by atoms with Crippen molar-refractivity contribution in [3.05, 3.63) is 144 Å². The van der Waals surface area contributed by atoms with Crippen molar-refractivity contribution in [2.24, 2.45) is 0 Å². The van der Waals surface area contributed by atoms with Crippen LogP contribution in [0.4, 0.5) is 0 Å². The van der Waals surface area contributed by atoms with E-state index >= 15 is 0 Å². The van der Waals surface area contributed by atoms with Gasteiger partial charge < -0.3 is 28.4 Å². The van der Waals surface area contributed by atoms with Crippen LogP contribution in [-0.4, -0.2) is 49.7 Å². The molecule has 7 heteroatoms. The molecule has 0 bridgehead atoms. The third kappa shape index (κ3) is 9.66. The first-order valence-corrected chi connectivity index (χ1v) is 15.0. The van der Waals surface area contributed by atoms with Crippen LogP contribution in [0.2, 0.25) is 0 Å². The minimum atomic E-state index is -0.884. The Morgan fingerprint density at radius 2 is 0.955 bits per heavy atom. The summed E-state index contributed by atoms with van der Waals surface area (Å²) in [4.78, 5) is 12.0. The predicted molar refractivity (Wildman–Crippen MR) is 166 cm³/mol. The monoisotopic (exact) mass is 596 g/mol. The maximum atomic E-state index is 12.0. The van der Waals surface area contributed by atoms with Gasteiger partial charge in [-0.1, -0.05) is 121 Å². The summed E-state index contributed by atoms with van der Waals surface area (Å²) >= 11 is 0. The Bertz CT molecular complexity index is 1370. The van der Waals surface area contributed by atoms with Gasteiger partial charge in [-0.15, -0.1) is 0 Å². The van der Waals surface area contributed by atoms with Gasteiger partial charge >= 0.3 is 0 Å². The maximum absolute atomic E-state index is 12.0. The first kappa shape index (κ1) is 31.7. The molecule has 5 rings (SSSR count). The summed E-state index contributed by atoms with van der Waals surface area (Å²) in [6, 6.07) is 39.8. The zero-order chi connectivity index (χ0) is 30.4. The molecule has 0 N–H and O–H groups in total. The first-order chi connectivity index (χ1) is 21.7. The van der Waals surface area contributed by atoms with Crippen molar-refractivity contribution in [3.63, 3.8) is 0 Å². The van der Waals surface area contributed by atoms with Crippen molar-refractivity contribution >= 4 is 5.78 Å². The van der Waals surface area contributed by atoms with Crippen molar-refractivity contribution in [1.29, 1.82) is 0 Å². The molecule has 0 amide bonds. The summed E-state index contributed by atoms with van der Waals surface area (Å²) in [7, 11) is 0. The van der Waals surface area contributed by atoms with E-state index in [1.165, 1.54) is 6.92 Å². The lowest BCUT2D eigenvalue weighted by molar-refractivity contribution is -0.326. The molecule has 1 heterocycles. The van der Waals surface area contributed by atoms with Crippen molar-refractivity contribution in [3.8, 4) is 0 Å². The van der Waals surface area contributed by atoms with Gasteiger partial charge in [-0.3, -0.25) is 4.79 Å². The number of carbonyl (C=O) groups is 1. The molecular formula is C37H40O7. The molecule has 0 radical (unpaired) electrons. The lowest BCUT2D eigenvalue weighted by Crippen LogP contribution is -2.62. The molecule has 4 aromatic rings. The Balaban J connectivity index is 1.42. The predicted octanol–water partition coefficient (Wildman–Crippen LogP) is 6.29. The van der Waals surface area contributed by atoms with Crippen LogP contribution in [0.25, 0.3) is 0 Å². The molecule has 5 atom stereocenters. The average Bonchev–Trinajstić information content (AvgIpc) is 3.07. The normalized spacial score (nSPS) is 21.6. The first-order valence-electron chi connectivity index (χ1n) is 15.0. The Morgan fingerprint density at radius 1 is 0.545 bits per heavy atom. The van der Waals surface area contributed by atoms with Crippen LogP contribution in [0.1, 0.15) is 29.2 Å². The van der Waals surface area contributed by atoms with Gasteiger partial charge in [0.05, 0.1) is 33.0 Å². The lowest BCUT2D eigenvalue weighted by atomic mass is 9.97. The van der Waals surface area contributed by atoms with Crippen LogP contribution in [0, 0.1) is 0 Å². The lowest BCUT2D eigenvalue weighted by Gasteiger charge is -2.45. The van der Waals surface area contributed by atoms with E-state index < -0.39 is 30.7 Å². The third-order valence-corrected chi connectivity index (χ3v) is 7.29. The van der Waals surface area contributed by atoms with Crippen molar-refractivity contribution in [1.82, 2.24) is 0 Å². The second-order valence-electron chi connectivity index (χ2n) is 10.8. The molecule has 0 unspecified atom stereocenters. The highest BCUT2D eigenvalue weighted by atomic mass is 16.7. The van der Waals surface area contributed by atoms with E-state index in [0.717, 1.165) is 22.3 Å². The zero-order valence-electron chi connectivity index (χ0n) is 25.0. The zero-order valence-corrected chi connectivity index (χ0v) is 25.0. The van der Waals surface area contributed by atoms with Gasteiger partial charge in [-0.05, 0) is 29.2 Å². The average molecular weight is 597 g/mol. The Labute approximate surface area is 259 Å². The third-order valence-electron chi connectivity index (χ3n) is 7.29. The van der Waals surface area contributed by atoms with Gasteiger partial charge in [0.25, 0.3) is 0 Å². The van der Waals surface area contributed by atoms with Crippen molar-refractivity contribution in [2.45, 2.75) is 64.1 Å². The van der Waals surface area contributed by atoms with Gasteiger partial charge in [-0.2, -0.15) is 0 Å². The van der Waals surface area contributed by atoms with E-state index in [1.807, 2.05) is 121 Å². The molecule has 4 aromatic carbocycles. The number of hydrogen-bond acceptors (Lipinski definition) is 7. The van der Waals surface area contributed by atoms with E-state index in [1.54, 1.807) is 0 Å². The van der Waals surface area contributed by atoms with Gasteiger partial charge in [-0.25, -0.2) is 0 Å². The van der Waals surface area contributed by atoms with E-state index in [-0.39, 0.29) is 19.0 Å². The highest BCUT2D eigenvalue weighted by molar-refractivity contribution is 5.76. The molecule has 7 nitrogen and oxygen atoms in total. The summed E-state index contributed by atoms with van der Waals surface area (Å²) < 4.78 is 38.5. The summed E-state index contributed by atoms with van der Waals surface area (Å²) in [6.45, 7) is 2.99. The molecule has 0 saturated carbocycles. The van der Waals surface area contributed by atoms with Crippen LogP contribution in [-0.2, 0) is 59.6 Å². The van der Waals surface area contributed by atoms with Gasteiger partial charge in [0.15, 0.2) is 12.1 Å². The van der Waals surface area contributed by atoms with Crippen LogP contribution in [0.5, 0.6) is 0 Å². The summed E-state index contributed by atoms with van der Waals surface area (Å²) in [6.07, 6.45) is -3.29. The van der Waals surface area contributed by atoms with E-state index in [4.69, 9.17) is 28.4 Å². The molecule has 0 aromatic heterocycles. The Morgan fingerprint density at radius 3 is 1.41 bits per heavy atom. The quantitative estimate of drug-likeness (QED) is 0.151. The molecule has 0 spiro atoms. The number of benzene rings is 4. The number of rotatable bonds is 16. The highest BCUT2D eigenvalue weighted by Crippen LogP contribution is 2.31. The fourth-order valence-electron chi connectivity index (χ4n) is 5.08. The minimum absolute atomic E-state index is 0.114. The fraction of sp³-hybridized carbons (Fsp3) is 0.324. The van der Waals surface area contributed by atoms with Crippen LogP contribution < -0.4 is 0 Å². The Hall–Kier alpha value is -3.69. The fourth-order valence-corrected chi connectivity index (χ4v) is 5.08. The van der Waals surface area contributed by atoms with Gasteiger partial charge in [0.1, 0.15) is 31.0 Å². The van der Waals surface area contributed by atoms with E-state index in [2.05, 4.69) is 0 Å². The second-order valence-corrected chi connectivity index (χ2v) is 10.8. The molecule has 230 valence electrons. The van der Waals surface area contributed by atoms with Crippen LogP contribution >= 0.6 is 0 Å². The molecule has 1 fully saturated rings. The number of hydrogen-bond donors (Lipinski definition) is 0. The minimum Gasteiger partial charge on any atom is -0.374 e. The number of ketones is 1. The number of Topliss-reactive ketones (excluding diaryl/α,β-unsaturated/α-hetero) is 1. The standard InChI is InChI=1S/C37H40O7/c1-28(38)22-43-37-36(42-26-32-20-12-5-13-21-32)35(41-25-31-18-10-4-11-19-31)34(40-24-30-16-8-3-9-17-30)33(44-37)27-39-23-29-14-6-2-7-15-29/h2-21,33-37H,22-27H2,1H3/t33-,34+,35+,36-,37+/m1/s1. The molecular weight excluding hydrogens is 556 g/mol. The number of carbonyl (C=O) groups excluding carboxylic acids is 1. The van der Waals surface area contributed by atoms with Gasteiger partial charge in [0.2, 0.25) is 0 Å². The highest BCUT2D eigenvalue weighted by Gasteiger charge is 2.49. The number of ether oxygens (including phenoxy) is 6. The summed E-state index contributed by atoms with van der Waals surface area (Å²) in [5.74, 6) is -0.114. The largest absolute Gasteiger partial charge is 0.374 e. The molecule has 1 aliphatic rings. The molecule has 0 aliphatic carbocycles. The smallest absolute Gasteiger partial charge is 0.187 e. The van der Waals surface area contributed by atoms with Gasteiger partial charge in [0, 0.05) is 0 Å². The van der Waals surface area contributed by atoms with E-state index in [0.29, 0.717) is 26.4 Å². The summed E-state index contributed by atoms with van der Waals surface area (Å²) in [5, 5.41) is 0. The van der Waals surface area contributed by atoms with Crippen molar-refractivity contribution in [2.75, 3.05) is 13.2 Å². The SMILES string of the molecule is CC(=O)CO[C@H]1O[C@H](COCc2ccccc2)[C@H](OCc2ccccc2)[C@H](OCc2ccccc2)[C@H]1OCc1ccccc1. The Kier molecular flexibility index (Phi) is 12.2. The van der Waals surface area contributed by atoms with Crippen molar-refractivity contribution < 1.29 is 33.2 Å². The molecule has 44 heavy (non-hydrogen) atoms. The van der Waals surface area contributed by atoms with Crippen LogP contribution in [0.3, 0.4) is 0 Å². The van der Waals surface area contributed by atoms with Crippen LogP contribution in [0.15, 0.2) is 121 Å². The molecule has 1 aliphatic heterocycles. The second kappa shape index (κ2) is 17.0. The topological polar surface area (TPSA) is 72.5 Å².